The Bertz CT molecular complexity index is 762. The Morgan fingerprint density at radius 2 is 2.04 bits per heavy atom. The Morgan fingerprint density at radius 1 is 1.35 bits per heavy atom. The van der Waals surface area contributed by atoms with E-state index < -0.39 is 28.1 Å². The maximum absolute atomic E-state index is 13.8. The number of likely N-dealkylation sites (tertiary alicyclic amines) is 1. The van der Waals surface area contributed by atoms with Gasteiger partial charge in [-0.05, 0) is 44.0 Å². The highest BCUT2D eigenvalue weighted by Crippen LogP contribution is 2.34. The second kappa shape index (κ2) is 7.08. The SMILES string of the molecule is NC1=NC=CC(N)(C2CCN(Cc3ccc(F)cc3F)CC2)C1[N+](=O)[O-]. The summed E-state index contributed by atoms with van der Waals surface area (Å²) in [6.45, 7) is 1.57. The van der Waals surface area contributed by atoms with Crippen molar-refractivity contribution in [2.45, 2.75) is 31.0 Å². The van der Waals surface area contributed by atoms with Gasteiger partial charge in [-0.2, -0.15) is 0 Å². The van der Waals surface area contributed by atoms with Gasteiger partial charge in [-0.25, -0.2) is 13.8 Å². The highest BCUT2D eigenvalue weighted by molar-refractivity contribution is 5.88. The van der Waals surface area contributed by atoms with Crippen molar-refractivity contribution in [1.82, 2.24) is 4.90 Å². The van der Waals surface area contributed by atoms with Crippen LogP contribution in [0.3, 0.4) is 0 Å². The Kier molecular flexibility index (Phi) is 5.01. The lowest BCUT2D eigenvalue weighted by atomic mass is 9.72. The van der Waals surface area contributed by atoms with Gasteiger partial charge >= 0.3 is 0 Å². The number of hydrogen-bond acceptors (Lipinski definition) is 6. The fourth-order valence-corrected chi connectivity index (χ4v) is 3.80. The minimum absolute atomic E-state index is 0.0872. The number of nitro groups is 1. The topological polar surface area (TPSA) is 111 Å². The van der Waals surface area contributed by atoms with E-state index in [9.17, 15) is 18.9 Å². The van der Waals surface area contributed by atoms with Crippen molar-refractivity contribution in [3.63, 3.8) is 0 Å². The van der Waals surface area contributed by atoms with E-state index in [0.29, 0.717) is 38.0 Å². The van der Waals surface area contributed by atoms with Gasteiger partial charge in [0.2, 0.25) is 0 Å². The van der Waals surface area contributed by atoms with Gasteiger partial charge in [-0.1, -0.05) is 6.07 Å². The molecule has 140 valence electrons. The summed E-state index contributed by atoms with van der Waals surface area (Å²) in [5.41, 5.74) is 11.3. The van der Waals surface area contributed by atoms with Gasteiger partial charge < -0.3 is 11.5 Å². The molecule has 2 aliphatic rings. The predicted octanol–water partition coefficient (Wildman–Crippen LogP) is 1.40. The number of rotatable bonds is 4. The molecule has 0 aromatic heterocycles. The fourth-order valence-electron chi connectivity index (χ4n) is 3.80. The first-order chi connectivity index (χ1) is 12.3. The molecule has 2 aliphatic heterocycles. The van der Waals surface area contributed by atoms with E-state index in [1.54, 1.807) is 6.08 Å². The van der Waals surface area contributed by atoms with Gasteiger partial charge in [0.1, 0.15) is 17.2 Å². The molecule has 26 heavy (non-hydrogen) atoms. The van der Waals surface area contributed by atoms with Crippen molar-refractivity contribution in [3.05, 3.63) is 57.8 Å². The molecule has 0 spiro atoms. The molecule has 2 heterocycles. The molecule has 1 fully saturated rings. The van der Waals surface area contributed by atoms with E-state index in [1.807, 2.05) is 4.90 Å². The van der Waals surface area contributed by atoms with E-state index in [4.69, 9.17) is 11.5 Å². The summed E-state index contributed by atoms with van der Waals surface area (Å²) < 4.78 is 26.8. The number of benzene rings is 1. The van der Waals surface area contributed by atoms with Crippen molar-refractivity contribution < 1.29 is 13.7 Å². The summed E-state index contributed by atoms with van der Waals surface area (Å²) >= 11 is 0. The third-order valence-electron chi connectivity index (χ3n) is 5.26. The Balaban J connectivity index is 1.67. The van der Waals surface area contributed by atoms with Gasteiger partial charge in [0.15, 0.2) is 5.84 Å². The van der Waals surface area contributed by atoms with E-state index >= 15 is 0 Å². The van der Waals surface area contributed by atoms with Crippen molar-refractivity contribution in [3.8, 4) is 0 Å². The molecule has 1 saturated heterocycles. The van der Waals surface area contributed by atoms with Crippen LogP contribution in [-0.2, 0) is 6.54 Å². The summed E-state index contributed by atoms with van der Waals surface area (Å²) in [4.78, 5) is 16.8. The van der Waals surface area contributed by atoms with Crippen LogP contribution in [0.1, 0.15) is 18.4 Å². The number of nitrogens with zero attached hydrogens (tertiary/aromatic N) is 3. The van der Waals surface area contributed by atoms with Crippen molar-refractivity contribution in [2.75, 3.05) is 13.1 Å². The van der Waals surface area contributed by atoms with Crippen LogP contribution in [0.15, 0.2) is 35.5 Å². The Hall–Kier alpha value is -2.39. The van der Waals surface area contributed by atoms with Gasteiger partial charge in [0.25, 0.3) is 6.04 Å². The van der Waals surface area contributed by atoms with E-state index in [0.717, 1.165) is 6.07 Å². The number of halogens is 2. The number of hydrogen-bond donors (Lipinski definition) is 2. The quantitative estimate of drug-likeness (QED) is 0.619. The standard InChI is InChI=1S/C17H21F2N5O2/c18-13-2-1-11(14(19)9-13)10-23-7-3-12(4-8-23)17(21)5-6-22-16(20)15(17)24(25)26/h1-2,5-6,9,12,15H,3-4,7-8,10,21H2,(H2,20,22). The molecule has 7 nitrogen and oxygen atoms in total. The van der Waals surface area contributed by atoms with E-state index in [-0.39, 0.29) is 11.8 Å². The monoisotopic (exact) mass is 365 g/mol. The highest BCUT2D eigenvalue weighted by atomic mass is 19.1. The Labute approximate surface area is 149 Å². The molecule has 2 unspecified atom stereocenters. The predicted molar refractivity (Wildman–Crippen MR) is 92.8 cm³/mol. The third-order valence-corrected chi connectivity index (χ3v) is 5.26. The molecule has 4 N–H and O–H groups in total. The van der Waals surface area contributed by atoms with Crippen LogP contribution in [0, 0.1) is 27.7 Å². The average Bonchev–Trinajstić information content (AvgIpc) is 2.57. The minimum Gasteiger partial charge on any atom is -0.381 e. The first-order valence-electron chi connectivity index (χ1n) is 8.41. The van der Waals surface area contributed by atoms with Crippen molar-refractivity contribution in [2.24, 2.45) is 22.4 Å². The van der Waals surface area contributed by atoms with Crippen LogP contribution in [0.4, 0.5) is 8.78 Å². The molecular formula is C17H21F2N5O2. The molecule has 1 aromatic rings. The summed E-state index contributed by atoms with van der Waals surface area (Å²) in [5.74, 6) is -1.41. The van der Waals surface area contributed by atoms with Crippen LogP contribution < -0.4 is 11.5 Å². The normalized spacial score (nSPS) is 27.3. The van der Waals surface area contributed by atoms with E-state index in [1.165, 1.54) is 18.3 Å². The fraction of sp³-hybridized carbons (Fsp3) is 0.471. The van der Waals surface area contributed by atoms with Gasteiger partial charge in [0, 0.05) is 29.3 Å². The summed E-state index contributed by atoms with van der Waals surface area (Å²) in [5, 5.41) is 11.4. The summed E-state index contributed by atoms with van der Waals surface area (Å²) in [6, 6.07) is 2.29. The van der Waals surface area contributed by atoms with Crippen LogP contribution in [0.2, 0.25) is 0 Å². The van der Waals surface area contributed by atoms with Crippen LogP contribution in [0.25, 0.3) is 0 Å². The summed E-state index contributed by atoms with van der Waals surface area (Å²) in [6.07, 6.45) is 4.22. The number of piperidine rings is 1. The smallest absolute Gasteiger partial charge is 0.290 e. The van der Waals surface area contributed by atoms with Crippen molar-refractivity contribution >= 4 is 5.84 Å². The lowest BCUT2D eigenvalue weighted by Gasteiger charge is -2.42. The average molecular weight is 365 g/mol. The molecule has 3 rings (SSSR count). The van der Waals surface area contributed by atoms with Crippen LogP contribution >= 0.6 is 0 Å². The zero-order valence-corrected chi connectivity index (χ0v) is 14.1. The van der Waals surface area contributed by atoms with Gasteiger partial charge in [0.05, 0.1) is 0 Å². The second-order valence-electron chi connectivity index (χ2n) is 6.84. The second-order valence-corrected chi connectivity index (χ2v) is 6.84. The van der Waals surface area contributed by atoms with Crippen LogP contribution in [0.5, 0.6) is 0 Å². The zero-order chi connectivity index (χ0) is 18.9. The largest absolute Gasteiger partial charge is 0.381 e. The minimum atomic E-state index is -1.25. The number of nitrogens with two attached hydrogens (primary N) is 2. The lowest BCUT2D eigenvalue weighted by molar-refractivity contribution is -0.513. The van der Waals surface area contributed by atoms with Gasteiger partial charge in [-0.15, -0.1) is 0 Å². The number of amidine groups is 1. The lowest BCUT2D eigenvalue weighted by Crippen LogP contribution is -2.65. The van der Waals surface area contributed by atoms with Crippen molar-refractivity contribution in [1.29, 1.82) is 0 Å². The first-order valence-corrected chi connectivity index (χ1v) is 8.41. The molecule has 0 aliphatic carbocycles. The molecule has 2 atom stereocenters. The number of aliphatic imine (C=N–C) groups is 1. The molecule has 0 bridgehead atoms. The zero-order valence-electron chi connectivity index (χ0n) is 14.1. The maximum atomic E-state index is 13.8. The molecule has 0 saturated carbocycles. The molecule has 0 amide bonds. The molecule has 1 aromatic carbocycles. The van der Waals surface area contributed by atoms with Crippen LogP contribution in [-0.4, -0.2) is 40.3 Å². The highest BCUT2D eigenvalue weighted by Gasteiger charge is 2.51. The first kappa shape index (κ1) is 18.4. The molecular weight excluding hydrogens is 344 g/mol. The maximum Gasteiger partial charge on any atom is 0.290 e. The Morgan fingerprint density at radius 3 is 2.65 bits per heavy atom. The summed E-state index contributed by atoms with van der Waals surface area (Å²) in [7, 11) is 0. The van der Waals surface area contributed by atoms with E-state index in [2.05, 4.69) is 4.99 Å². The molecule has 9 heteroatoms. The third kappa shape index (κ3) is 3.45. The van der Waals surface area contributed by atoms with Gasteiger partial charge in [-0.3, -0.25) is 15.0 Å². The molecule has 0 radical (unpaired) electrons.